The Balaban J connectivity index is 1.36. The average molecular weight is 384 g/mol. The maximum Gasteiger partial charge on any atom is 0.123 e. The van der Waals surface area contributed by atoms with Gasteiger partial charge in [0.05, 0.1) is 0 Å². The molecule has 0 heterocycles. The summed E-state index contributed by atoms with van der Waals surface area (Å²) in [6.07, 6.45) is 12.8. The van der Waals surface area contributed by atoms with Gasteiger partial charge in [-0.05, 0) is 116 Å². The maximum atomic E-state index is 13.3. The molecule has 0 bridgehead atoms. The van der Waals surface area contributed by atoms with E-state index in [9.17, 15) is 4.39 Å². The molecular weight excluding hydrogens is 345 g/mol. The fraction of sp³-hybridized carbons (Fsp3) is 0.769. The van der Waals surface area contributed by atoms with Gasteiger partial charge in [-0.2, -0.15) is 0 Å². The molecule has 1 aromatic carbocycles. The molecule has 0 spiro atoms. The number of nitrogens with one attached hydrogen (secondary N) is 1. The Bertz CT molecular complexity index is 714. The Hall–Kier alpha value is -1.05. The van der Waals surface area contributed by atoms with E-state index < -0.39 is 0 Å². The van der Waals surface area contributed by atoms with Gasteiger partial charge in [-0.15, -0.1) is 0 Å². The number of hydrogen-bond acceptors (Lipinski definition) is 1. The molecule has 154 valence electrons. The summed E-state index contributed by atoms with van der Waals surface area (Å²) >= 11 is 0. The first-order valence-electron chi connectivity index (χ1n) is 11.9. The molecule has 5 rings (SSSR count). The molecule has 28 heavy (non-hydrogen) atoms. The third kappa shape index (κ3) is 2.84. The Kier molecular flexibility index (Phi) is 4.56. The van der Waals surface area contributed by atoms with Crippen molar-refractivity contribution in [1.29, 1.82) is 0 Å². The fourth-order valence-corrected chi connectivity index (χ4v) is 8.46. The van der Waals surface area contributed by atoms with E-state index in [1.54, 1.807) is 12.1 Å². The third-order valence-corrected chi connectivity index (χ3v) is 10.1. The summed E-state index contributed by atoms with van der Waals surface area (Å²) in [6.45, 7) is 7.72. The van der Waals surface area contributed by atoms with Crippen LogP contribution in [-0.2, 0) is 0 Å². The number of benzene rings is 1. The zero-order chi connectivity index (χ0) is 19.5. The molecule has 4 aliphatic rings. The topological polar surface area (TPSA) is 12.0 Å². The van der Waals surface area contributed by atoms with Crippen LogP contribution in [-0.4, -0.2) is 6.04 Å². The van der Waals surface area contributed by atoms with Gasteiger partial charge in [0.25, 0.3) is 0 Å². The summed E-state index contributed by atoms with van der Waals surface area (Å²) < 4.78 is 13.3. The summed E-state index contributed by atoms with van der Waals surface area (Å²) in [5.41, 5.74) is 2.10. The number of anilines is 1. The lowest BCUT2D eigenvalue weighted by atomic mass is 9.44. The summed E-state index contributed by atoms with van der Waals surface area (Å²) in [7, 11) is 0. The van der Waals surface area contributed by atoms with Crippen molar-refractivity contribution in [3.8, 4) is 0 Å². The van der Waals surface area contributed by atoms with Gasteiger partial charge in [0, 0.05) is 11.7 Å². The van der Waals surface area contributed by atoms with E-state index >= 15 is 0 Å². The summed E-state index contributed by atoms with van der Waals surface area (Å²) in [5, 5.41) is 3.81. The highest BCUT2D eigenvalue weighted by atomic mass is 19.1. The molecule has 4 saturated carbocycles. The van der Waals surface area contributed by atoms with Crippen molar-refractivity contribution in [1.82, 2.24) is 0 Å². The molecule has 0 radical (unpaired) electrons. The third-order valence-electron chi connectivity index (χ3n) is 10.1. The van der Waals surface area contributed by atoms with Crippen LogP contribution in [0.2, 0.25) is 0 Å². The highest BCUT2D eigenvalue weighted by molar-refractivity contribution is 5.44. The first-order valence-corrected chi connectivity index (χ1v) is 11.9. The van der Waals surface area contributed by atoms with Gasteiger partial charge in [0.15, 0.2) is 0 Å². The largest absolute Gasteiger partial charge is 0.382 e. The van der Waals surface area contributed by atoms with E-state index in [0.29, 0.717) is 16.9 Å². The van der Waals surface area contributed by atoms with Crippen molar-refractivity contribution < 1.29 is 4.39 Å². The van der Waals surface area contributed by atoms with Crippen LogP contribution < -0.4 is 5.32 Å². The second-order valence-corrected chi connectivity index (χ2v) is 11.4. The van der Waals surface area contributed by atoms with Crippen molar-refractivity contribution in [2.24, 2.45) is 40.4 Å². The number of fused-ring (bicyclic) bond motifs is 5. The molecule has 0 amide bonds. The Morgan fingerprint density at radius 2 is 1.57 bits per heavy atom. The molecule has 0 saturated heterocycles. The van der Waals surface area contributed by atoms with E-state index in [4.69, 9.17) is 0 Å². The zero-order valence-electron chi connectivity index (χ0n) is 18.0. The number of halogens is 1. The highest BCUT2D eigenvalue weighted by Crippen LogP contribution is 2.66. The summed E-state index contributed by atoms with van der Waals surface area (Å²) in [5.74, 6) is 4.56. The maximum absolute atomic E-state index is 13.3. The van der Waals surface area contributed by atoms with E-state index in [1.165, 1.54) is 57.8 Å². The molecule has 0 aromatic heterocycles. The molecule has 8 atom stereocenters. The molecule has 1 N–H and O–H groups in total. The van der Waals surface area contributed by atoms with Crippen LogP contribution in [0, 0.1) is 46.2 Å². The lowest BCUT2D eigenvalue weighted by Gasteiger charge is -2.61. The Morgan fingerprint density at radius 1 is 0.857 bits per heavy atom. The minimum atomic E-state index is -0.145. The van der Waals surface area contributed by atoms with Crippen molar-refractivity contribution in [2.75, 3.05) is 5.32 Å². The smallest absolute Gasteiger partial charge is 0.123 e. The van der Waals surface area contributed by atoms with Gasteiger partial charge < -0.3 is 5.32 Å². The molecule has 1 aromatic rings. The SMILES string of the molecule is CC1CCC2(C)C(CCC3C2CCC2(C)C3CC[C@@H]2Nc2ccc(F)cc2)C1. The van der Waals surface area contributed by atoms with Crippen molar-refractivity contribution in [2.45, 2.75) is 84.6 Å². The highest BCUT2D eigenvalue weighted by Gasteiger charge is 2.60. The molecule has 2 heteroatoms. The van der Waals surface area contributed by atoms with Crippen molar-refractivity contribution in [3.63, 3.8) is 0 Å². The second-order valence-electron chi connectivity index (χ2n) is 11.4. The fourth-order valence-electron chi connectivity index (χ4n) is 8.46. The first kappa shape index (κ1) is 18.9. The van der Waals surface area contributed by atoms with Crippen LogP contribution in [0.5, 0.6) is 0 Å². The van der Waals surface area contributed by atoms with Crippen LogP contribution in [0.15, 0.2) is 24.3 Å². The lowest BCUT2D eigenvalue weighted by molar-refractivity contribution is -0.111. The second kappa shape index (κ2) is 6.74. The van der Waals surface area contributed by atoms with Gasteiger partial charge in [-0.1, -0.05) is 27.2 Å². The number of rotatable bonds is 2. The molecule has 4 fully saturated rings. The van der Waals surface area contributed by atoms with Crippen molar-refractivity contribution >= 4 is 5.69 Å². The molecule has 0 aliphatic heterocycles. The molecule has 7 unspecified atom stereocenters. The van der Waals surface area contributed by atoms with Gasteiger partial charge in [-0.3, -0.25) is 0 Å². The standard InChI is InChI=1S/C26H38FN/c1-17-12-14-25(2)18(16-17)4-9-21-22-10-11-24(26(22,3)15-13-23(21)25)28-20-7-5-19(27)6-8-20/h5-8,17-18,21-24,28H,4,9-16H2,1-3H3/t17?,18?,21?,22?,23?,24-,25?,26?/m0/s1. The predicted molar refractivity (Wildman–Crippen MR) is 115 cm³/mol. The predicted octanol–water partition coefficient (Wildman–Crippen LogP) is 7.29. The van der Waals surface area contributed by atoms with Gasteiger partial charge in [0.2, 0.25) is 0 Å². The van der Waals surface area contributed by atoms with Crippen LogP contribution >= 0.6 is 0 Å². The normalized spacial score (nSPS) is 47.7. The van der Waals surface area contributed by atoms with Crippen LogP contribution in [0.25, 0.3) is 0 Å². The van der Waals surface area contributed by atoms with Gasteiger partial charge in [0.1, 0.15) is 5.82 Å². The van der Waals surface area contributed by atoms with E-state index in [-0.39, 0.29) is 5.82 Å². The minimum absolute atomic E-state index is 0.145. The summed E-state index contributed by atoms with van der Waals surface area (Å²) in [4.78, 5) is 0. The zero-order valence-corrected chi connectivity index (χ0v) is 18.0. The molecule has 4 aliphatic carbocycles. The van der Waals surface area contributed by atoms with Crippen LogP contribution in [0.3, 0.4) is 0 Å². The van der Waals surface area contributed by atoms with Gasteiger partial charge in [-0.25, -0.2) is 4.39 Å². The number of hydrogen-bond donors (Lipinski definition) is 1. The molecule has 1 nitrogen and oxygen atoms in total. The van der Waals surface area contributed by atoms with E-state index in [2.05, 4.69) is 26.1 Å². The summed E-state index contributed by atoms with van der Waals surface area (Å²) in [6, 6.07) is 7.53. The Morgan fingerprint density at radius 3 is 2.36 bits per heavy atom. The quantitative estimate of drug-likeness (QED) is 0.565. The van der Waals surface area contributed by atoms with Crippen LogP contribution in [0.4, 0.5) is 10.1 Å². The van der Waals surface area contributed by atoms with Crippen molar-refractivity contribution in [3.05, 3.63) is 30.1 Å². The first-order chi connectivity index (χ1) is 13.4. The minimum Gasteiger partial charge on any atom is -0.382 e. The lowest BCUT2D eigenvalue weighted by Crippen LogP contribution is -2.54. The van der Waals surface area contributed by atoms with Gasteiger partial charge >= 0.3 is 0 Å². The monoisotopic (exact) mass is 383 g/mol. The Labute approximate surface area is 170 Å². The molecular formula is C26H38FN. The van der Waals surface area contributed by atoms with E-state index in [0.717, 1.165) is 35.3 Å². The van der Waals surface area contributed by atoms with Crippen LogP contribution in [0.1, 0.15) is 78.6 Å². The van der Waals surface area contributed by atoms with E-state index in [1.807, 2.05) is 12.1 Å². The average Bonchev–Trinajstić information content (AvgIpc) is 3.00.